The fourth-order valence-corrected chi connectivity index (χ4v) is 2.21. The number of thiazole rings is 1. The zero-order chi connectivity index (χ0) is 13.1. The number of carboxylic acid groups (broad SMARTS) is 1. The Morgan fingerprint density at radius 1 is 1.50 bits per heavy atom. The van der Waals surface area contributed by atoms with Gasteiger partial charge in [-0.3, -0.25) is 4.79 Å². The van der Waals surface area contributed by atoms with Crippen molar-refractivity contribution in [1.29, 1.82) is 0 Å². The molecule has 0 aliphatic rings. The first-order valence-corrected chi connectivity index (χ1v) is 6.25. The molecule has 3 N–H and O–H groups in total. The van der Waals surface area contributed by atoms with E-state index in [4.69, 9.17) is 16.7 Å². The van der Waals surface area contributed by atoms with Crippen LogP contribution in [0.1, 0.15) is 16.1 Å². The predicted molar refractivity (Wildman–Crippen MR) is 70.7 cm³/mol. The molecule has 18 heavy (non-hydrogen) atoms. The van der Waals surface area contributed by atoms with Crippen LogP contribution < -0.4 is 10.2 Å². The topological polar surface area (TPSA) is 82.2 Å². The van der Waals surface area contributed by atoms with Gasteiger partial charge < -0.3 is 15.4 Å². The van der Waals surface area contributed by atoms with Crippen LogP contribution >= 0.6 is 22.9 Å². The maximum Gasteiger partial charge on any atom is 0.335 e. The molecule has 1 heterocycles. The van der Waals surface area contributed by atoms with Crippen molar-refractivity contribution < 1.29 is 9.90 Å². The van der Waals surface area contributed by atoms with E-state index in [1.165, 1.54) is 12.1 Å². The van der Waals surface area contributed by atoms with Gasteiger partial charge in [-0.05, 0) is 18.2 Å². The van der Waals surface area contributed by atoms with Crippen LogP contribution in [-0.2, 0) is 6.54 Å². The monoisotopic (exact) mass is 284 g/mol. The van der Waals surface area contributed by atoms with E-state index in [1.807, 2.05) is 0 Å². The first-order chi connectivity index (χ1) is 8.56. The minimum absolute atomic E-state index is 0.112. The van der Waals surface area contributed by atoms with E-state index < -0.39 is 5.97 Å². The number of carboxylic acids is 1. The Labute approximate surface area is 111 Å². The van der Waals surface area contributed by atoms with Crippen molar-refractivity contribution in [1.82, 2.24) is 4.98 Å². The Kier molecular flexibility index (Phi) is 3.69. The third-order valence-electron chi connectivity index (χ3n) is 2.26. The zero-order valence-electron chi connectivity index (χ0n) is 9.07. The second-order valence-electron chi connectivity index (χ2n) is 3.53. The molecule has 1 aromatic carbocycles. The Hall–Kier alpha value is -1.79. The SMILES string of the molecule is O=C(O)c1ccc(NCc2csc(=O)[nH]2)c(Cl)c1. The van der Waals surface area contributed by atoms with Gasteiger partial charge in [0.25, 0.3) is 0 Å². The van der Waals surface area contributed by atoms with Crippen LogP contribution in [0, 0.1) is 0 Å². The predicted octanol–water partition coefficient (Wildman–Crippen LogP) is 2.40. The summed E-state index contributed by atoms with van der Waals surface area (Å²) in [5.41, 5.74) is 1.51. The number of rotatable bonds is 4. The van der Waals surface area contributed by atoms with Gasteiger partial charge in [0.05, 0.1) is 22.8 Å². The lowest BCUT2D eigenvalue weighted by atomic mass is 10.2. The number of H-pyrrole nitrogens is 1. The molecule has 0 aliphatic heterocycles. The molecule has 94 valence electrons. The lowest BCUT2D eigenvalue weighted by molar-refractivity contribution is 0.0697. The Morgan fingerprint density at radius 3 is 2.83 bits per heavy atom. The average Bonchev–Trinajstić information content (AvgIpc) is 2.73. The normalized spacial score (nSPS) is 10.3. The van der Waals surface area contributed by atoms with E-state index in [9.17, 15) is 9.59 Å². The first-order valence-electron chi connectivity index (χ1n) is 4.99. The summed E-state index contributed by atoms with van der Waals surface area (Å²) in [4.78, 5) is 24.2. The number of aromatic amines is 1. The molecule has 0 amide bonds. The minimum Gasteiger partial charge on any atom is -0.478 e. The van der Waals surface area contributed by atoms with Gasteiger partial charge in [-0.25, -0.2) is 4.79 Å². The summed E-state index contributed by atoms with van der Waals surface area (Å²) in [5, 5.41) is 13.9. The molecule has 0 spiro atoms. The van der Waals surface area contributed by atoms with Gasteiger partial charge in [-0.2, -0.15) is 0 Å². The largest absolute Gasteiger partial charge is 0.478 e. The third-order valence-corrected chi connectivity index (χ3v) is 3.29. The second-order valence-corrected chi connectivity index (χ2v) is 4.78. The van der Waals surface area contributed by atoms with Crippen molar-refractivity contribution in [3.05, 3.63) is 49.5 Å². The molecule has 2 rings (SSSR count). The van der Waals surface area contributed by atoms with Gasteiger partial charge in [0, 0.05) is 11.1 Å². The molecule has 0 bridgehead atoms. The first kappa shape index (κ1) is 12.7. The number of carbonyl (C=O) groups is 1. The van der Waals surface area contributed by atoms with E-state index in [-0.39, 0.29) is 10.4 Å². The standard InChI is InChI=1S/C11H9ClN2O3S/c12-8-3-6(10(15)16)1-2-9(8)13-4-7-5-18-11(17)14-7/h1-3,5,13H,4H2,(H,14,17)(H,15,16). The van der Waals surface area contributed by atoms with Crippen LogP contribution in [0.25, 0.3) is 0 Å². The molecular weight excluding hydrogens is 276 g/mol. The second kappa shape index (κ2) is 5.24. The number of aromatic carboxylic acids is 1. The van der Waals surface area contributed by atoms with Crippen LogP contribution in [0.4, 0.5) is 5.69 Å². The molecule has 5 nitrogen and oxygen atoms in total. The summed E-state index contributed by atoms with van der Waals surface area (Å²) in [6.07, 6.45) is 0. The fourth-order valence-electron chi connectivity index (χ4n) is 1.38. The molecule has 2 aromatic rings. The Balaban J connectivity index is 2.10. The molecular formula is C11H9ClN2O3S. The number of nitrogens with one attached hydrogen (secondary N) is 2. The number of anilines is 1. The van der Waals surface area contributed by atoms with Gasteiger partial charge in [-0.15, -0.1) is 0 Å². The molecule has 1 aromatic heterocycles. The summed E-state index contributed by atoms with van der Waals surface area (Å²) >= 11 is 7.04. The Bertz CT molecular complexity index is 635. The van der Waals surface area contributed by atoms with Crippen molar-refractivity contribution in [3.8, 4) is 0 Å². The number of hydrogen-bond acceptors (Lipinski definition) is 4. The van der Waals surface area contributed by atoms with Crippen molar-refractivity contribution in [2.24, 2.45) is 0 Å². The van der Waals surface area contributed by atoms with E-state index in [0.29, 0.717) is 17.3 Å². The van der Waals surface area contributed by atoms with Crippen molar-refractivity contribution in [2.45, 2.75) is 6.54 Å². The van der Waals surface area contributed by atoms with Gasteiger partial charge in [-0.1, -0.05) is 22.9 Å². The zero-order valence-corrected chi connectivity index (χ0v) is 10.6. The lowest BCUT2D eigenvalue weighted by Crippen LogP contribution is -2.04. The summed E-state index contributed by atoms with van der Waals surface area (Å²) in [6, 6.07) is 4.44. The quantitative estimate of drug-likeness (QED) is 0.805. The molecule has 0 fully saturated rings. The van der Waals surface area contributed by atoms with E-state index in [0.717, 1.165) is 17.0 Å². The molecule has 0 saturated heterocycles. The van der Waals surface area contributed by atoms with E-state index in [1.54, 1.807) is 11.4 Å². The Morgan fingerprint density at radius 2 is 2.28 bits per heavy atom. The maximum absolute atomic E-state index is 10.9. The molecule has 0 atom stereocenters. The van der Waals surface area contributed by atoms with Crippen molar-refractivity contribution >= 4 is 34.6 Å². The van der Waals surface area contributed by atoms with Gasteiger partial charge in [0.2, 0.25) is 0 Å². The van der Waals surface area contributed by atoms with Gasteiger partial charge in [0.1, 0.15) is 0 Å². The van der Waals surface area contributed by atoms with Gasteiger partial charge >= 0.3 is 10.8 Å². The van der Waals surface area contributed by atoms with E-state index >= 15 is 0 Å². The van der Waals surface area contributed by atoms with Crippen LogP contribution in [-0.4, -0.2) is 16.1 Å². The average molecular weight is 285 g/mol. The molecule has 0 unspecified atom stereocenters. The molecule has 0 aliphatic carbocycles. The third kappa shape index (κ3) is 2.91. The fraction of sp³-hybridized carbons (Fsp3) is 0.0909. The molecule has 0 radical (unpaired) electrons. The van der Waals surface area contributed by atoms with Crippen LogP contribution in [0.2, 0.25) is 5.02 Å². The summed E-state index contributed by atoms with van der Waals surface area (Å²) in [7, 11) is 0. The van der Waals surface area contributed by atoms with Crippen molar-refractivity contribution in [2.75, 3.05) is 5.32 Å². The molecule has 0 saturated carbocycles. The van der Waals surface area contributed by atoms with Crippen LogP contribution in [0.15, 0.2) is 28.4 Å². The summed E-state index contributed by atoms with van der Waals surface area (Å²) in [6.45, 7) is 0.422. The smallest absolute Gasteiger partial charge is 0.335 e. The number of halogens is 1. The number of hydrogen-bond donors (Lipinski definition) is 3. The summed E-state index contributed by atoms with van der Waals surface area (Å²) in [5.74, 6) is -1.02. The number of benzene rings is 1. The molecule has 7 heteroatoms. The van der Waals surface area contributed by atoms with Crippen molar-refractivity contribution in [3.63, 3.8) is 0 Å². The number of aromatic nitrogens is 1. The van der Waals surface area contributed by atoms with Gasteiger partial charge in [0.15, 0.2) is 0 Å². The highest BCUT2D eigenvalue weighted by atomic mass is 35.5. The lowest BCUT2D eigenvalue weighted by Gasteiger charge is -2.07. The minimum atomic E-state index is -1.02. The van der Waals surface area contributed by atoms with E-state index in [2.05, 4.69) is 10.3 Å². The van der Waals surface area contributed by atoms with Crippen LogP contribution in [0.3, 0.4) is 0 Å². The van der Waals surface area contributed by atoms with Crippen LogP contribution in [0.5, 0.6) is 0 Å². The summed E-state index contributed by atoms with van der Waals surface area (Å²) < 4.78 is 0. The highest BCUT2D eigenvalue weighted by molar-refractivity contribution is 7.07. The maximum atomic E-state index is 10.9. The highest BCUT2D eigenvalue weighted by Crippen LogP contribution is 2.23. The highest BCUT2D eigenvalue weighted by Gasteiger charge is 2.07.